The Hall–Kier alpha value is -0.680. The van der Waals surface area contributed by atoms with Crippen molar-refractivity contribution < 1.29 is 4.21 Å². The molecule has 1 rings (SSSR count). The minimum absolute atomic E-state index is 0.0819. The standard InChI is InChI=1S/C10H16ClN3OS/c1-4-8-9(11)13-6-14-10(8)12-5-7(2)16(3)15/h6-7H,4-5H2,1-3H3,(H,12,13,14). The van der Waals surface area contributed by atoms with Crippen LogP contribution in [-0.4, -0.2) is 32.2 Å². The summed E-state index contributed by atoms with van der Waals surface area (Å²) in [5, 5.41) is 3.72. The Labute approximate surface area is 103 Å². The third-order valence-electron chi connectivity index (χ3n) is 2.37. The monoisotopic (exact) mass is 261 g/mol. The van der Waals surface area contributed by atoms with Crippen molar-refractivity contribution >= 4 is 28.2 Å². The lowest BCUT2D eigenvalue weighted by molar-refractivity contribution is 0.678. The molecule has 1 N–H and O–H groups in total. The topological polar surface area (TPSA) is 54.9 Å². The Morgan fingerprint density at radius 2 is 2.25 bits per heavy atom. The number of hydrogen-bond acceptors (Lipinski definition) is 4. The maximum atomic E-state index is 11.2. The molecule has 2 unspecified atom stereocenters. The fourth-order valence-corrected chi connectivity index (χ4v) is 1.80. The molecule has 1 aromatic heterocycles. The molecule has 0 saturated heterocycles. The highest BCUT2D eigenvalue weighted by Crippen LogP contribution is 2.20. The molecule has 0 amide bonds. The van der Waals surface area contributed by atoms with Gasteiger partial charge in [-0.3, -0.25) is 4.21 Å². The Morgan fingerprint density at radius 1 is 1.56 bits per heavy atom. The first-order chi connectivity index (χ1) is 7.56. The van der Waals surface area contributed by atoms with E-state index in [9.17, 15) is 4.21 Å². The third-order valence-corrected chi connectivity index (χ3v) is 4.00. The quantitative estimate of drug-likeness (QED) is 0.823. The zero-order chi connectivity index (χ0) is 12.1. The number of halogens is 1. The summed E-state index contributed by atoms with van der Waals surface area (Å²) in [5.41, 5.74) is 0.901. The summed E-state index contributed by atoms with van der Waals surface area (Å²) in [7, 11) is -0.837. The van der Waals surface area contributed by atoms with Gasteiger partial charge in [0, 0.05) is 34.4 Å². The van der Waals surface area contributed by atoms with Gasteiger partial charge >= 0.3 is 0 Å². The van der Waals surface area contributed by atoms with Crippen molar-refractivity contribution in [2.24, 2.45) is 0 Å². The van der Waals surface area contributed by atoms with E-state index in [1.54, 1.807) is 6.26 Å². The molecule has 16 heavy (non-hydrogen) atoms. The van der Waals surface area contributed by atoms with Crippen molar-refractivity contribution in [2.75, 3.05) is 18.1 Å². The zero-order valence-electron chi connectivity index (χ0n) is 9.66. The van der Waals surface area contributed by atoms with Gasteiger partial charge in [0.05, 0.1) is 0 Å². The fraction of sp³-hybridized carbons (Fsp3) is 0.600. The van der Waals surface area contributed by atoms with E-state index in [1.165, 1.54) is 6.33 Å². The van der Waals surface area contributed by atoms with E-state index < -0.39 is 10.8 Å². The van der Waals surface area contributed by atoms with E-state index in [1.807, 2.05) is 13.8 Å². The molecule has 6 heteroatoms. The summed E-state index contributed by atoms with van der Waals surface area (Å²) in [6.45, 7) is 4.54. The molecule has 0 aliphatic heterocycles. The average Bonchev–Trinajstić information content (AvgIpc) is 2.25. The number of rotatable bonds is 5. The number of nitrogens with zero attached hydrogens (tertiary/aromatic N) is 2. The highest BCUT2D eigenvalue weighted by Gasteiger charge is 2.10. The number of hydrogen-bond donors (Lipinski definition) is 1. The molecule has 0 aliphatic rings. The number of aromatic nitrogens is 2. The minimum atomic E-state index is -0.837. The summed E-state index contributed by atoms with van der Waals surface area (Å²) in [4.78, 5) is 8.06. The summed E-state index contributed by atoms with van der Waals surface area (Å²) in [6, 6.07) is 0. The first-order valence-corrected chi connectivity index (χ1v) is 7.11. The van der Waals surface area contributed by atoms with Crippen LogP contribution >= 0.6 is 11.6 Å². The van der Waals surface area contributed by atoms with Gasteiger partial charge in [-0.2, -0.15) is 0 Å². The van der Waals surface area contributed by atoms with E-state index in [0.717, 1.165) is 17.8 Å². The van der Waals surface area contributed by atoms with E-state index in [0.29, 0.717) is 11.7 Å². The van der Waals surface area contributed by atoms with Crippen LogP contribution in [0.15, 0.2) is 6.33 Å². The van der Waals surface area contributed by atoms with Crippen LogP contribution in [0.4, 0.5) is 5.82 Å². The van der Waals surface area contributed by atoms with E-state index in [4.69, 9.17) is 11.6 Å². The summed E-state index contributed by atoms with van der Waals surface area (Å²) >= 11 is 5.96. The SMILES string of the molecule is CCc1c(Cl)ncnc1NCC(C)S(C)=O. The molecule has 0 aromatic carbocycles. The Bertz CT molecular complexity index is 386. The Balaban J connectivity index is 2.74. The van der Waals surface area contributed by atoms with Crippen LogP contribution in [0.25, 0.3) is 0 Å². The van der Waals surface area contributed by atoms with Gasteiger partial charge in [-0.1, -0.05) is 18.5 Å². The zero-order valence-corrected chi connectivity index (χ0v) is 11.2. The smallest absolute Gasteiger partial charge is 0.137 e. The van der Waals surface area contributed by atoms with Gasteiger partial charge in [0.25, 0.3) is 0 Å². The number of anilines is 1. The molecule has 0 saturated carbocycles. The molecule has 0 fully saturated rings. The number of nitrogens with one attached hydrogen (secondary N) is 1. The maximum Gasteiger partial charge on any atom is 0.137 e. The predicted octanol–water partition coefficient (Wildman–Crippen LogP) is 1.87. The Morgan fingerprint density at radius 3 is 2.81 bits per heavy atom. The van der Waals surface area contributed by atoms with Crippen LogP contribution in [0.5, 0.6) is 0 Å². The highest BCUT2D eigenvalue weighted by molar-refractivity contribution is 7.84. The summed E-state index contributed by atoms with van der Waals surface area (Å²) < 4.78 is 11.2. The lowest BCUT2D eigenvalue weighted by Gasteiger charge is -2.13. The largest absolute Gasteiger partial charge is 0.369 e. The van der Waals surface area contributed by atoms with Gasteiger partial charge in [-0.05, 0) is 13.3 Å². The van der Waals surface area contributed by atoms with Gasteiger partial charge in [-0.25, -0.2) is 9.97 Å². The molecule has 0 bridgehead atoms. The van der Waals surface area contributed by atoms with Gasteiger partial charge < -0.3 is 5.32 Å². The van der Waals surface area contributed by atoms with Crippen molar-refractivity contribution in [3.63, 3.8) is 0 Å². The summed E-state index contributed by atoms with van der Waals surface area (Å²) in [5.74, 6) is 0.736. The van der Waals surface area contributed by atoms with Gasteiger partial charge in [-0.15, -0.1) is 0 Å². The molecule has 0 spiro atoms. The minimum Gasteiger partial charge on any atom is -0.369 e. The van der Waals surface area contributed by atoms with Gasteiger partial charge in [0.2, 0.25) is 0 Å². The van der Waals surface area contributed by atoms with Crippen LogP contribution in [0, 0.1) is 0 Å². The van der Waals surface area contributed by atoms with Crippen LogP contribution in [0.3, 0.4) is 0 Å². The van der Waals surface area contributed by atoms with Crippen molar-refractivity contribution in [2.45, 2.75) is 25.5 Å². The van der Waals surface area contributed by atoms with Crippen molar-refractivity contribution in [3.05, 3.63) is 17.0 Å². The third kappa shape index (κ3) is 3.42. The molecule has 0 aliphatic carbocycles. The lowest BCUT2D eigenvalue weighted by atomic mass is 10.2. The molecule has 4 nitrogen and oxygen atoms in total. The van der Waals surface area contributed by atoms with Crippen molar-refractivity contribution in [1.29, 1.82) is 0 Å². The molecular weight excluding hydrogens is 246 g/mol. The average molecular weight is 262 g/mol. The van der Waals surface area contributed by atoms with Gasteiger partial charge in [0.1, 0.15) is 17.3 Å². The first kappa shape index (κ1) is 13.4. The second-order valence-corrected chi connectivity index (χ2v) is 5.70. The summed E-state index contributed by atoms with van der Waals surface area (Å²) in [6.07, 6.45) is 3.89. The second-order valence-electron chi connectivity index (χ2n) is 3.54. The highest BCUT2D eigenvalue weighted by atomic mass is 35.5. The van der Waals surface area contributed by atoms with Gasteiger partial charge in [0.15, 0.2) is 0 Å². The molecule has 2 atom stereocenters. The van der Waals surface area contributed by atoms with Crippen LogP contribution in [-0.2, 0) is 17.2 Å². The van der Waals surface area contributed by atoms with Crippen LogP contribution < -0.4 is 5.32 Å². The molecule has 1 aromatic rings. The lowest BCUT2D eigenvalue weighted by Crippen LogP contribution is -2.21. The normalized spacial score (nSPS) is 14.5. The van der Waals surface area contributed by atoms with E-state index in [-0.39, 0.29) is 5.25 Å². The van der Waals surface area contributed by atoms with Crippen LogP contribution in [0.1, 0.15) is 19.4 Å². The second kappa shape index (κ2) is 6.15. The van der Waals surface area contributed by atoms with Crippen molar-refractivity contribution in [3.8, 4) is 0 Å². The maximum absolute atomic E-state index is 11.2. The Kier molecular flexibility index (Phi) is 5.15. The molecule has 0 radical (unpaired) electrons. The van der Waals surface area contributed by atoms with Crippen LogP contribution in [0.2, 0.25) is 5.15 Å². The van der Waals surface area contributed by atoms with E-state index in [2.05, 4.69) is 15.3 Å². The fourth-order valence-electron chi connectivity index (χ4n) is 1.21. The predicted molar refractivity (Wildman–Crippen MR) is 68.4 cm³/mol. The molecular formula is C10H16ClN3OS. The molecule has 1 heterocycles. The van der Waals surface area contributed by atoms with Crippen molar-refractivity contribution in [1.82, 2.24) is 9.97 Å². The molecule has 90 valence electrons. The van der Waals surface area contributed by atoms with E-state index >= 15 is 0 Å². The first-order valence-electron chi connectivity index (χ1n) is 5.11.